The van der Waals surface area contributed by atoms with Gasteiger partial charge < -0.3 is 10.6 Å². The van der Waals surface area contributed by atoms with Gasteiger partial charge in [0.2, 0.25) is 5.91 Å². The quantitative estimate of drug-likeness (QED) is 0.457. The molecule has 0 unspecified atom stereocenters. The standard InChI is InChI=1S/C27H24N2O2/c1-19-12-14-22(15-13-19)27(31)29-24-10-4-6-20(16-24)18-28-26(30)17-23-9-5-8-21-7-2-3-11-25(21)23/h2-16H,17-18H2,1H3,(H,28,30)(H,29,31). The van der Waals surface area contributed by atoms with Crippen LogP contribution in [0, 0.1) is 6.92 Å². The number of aryl methyl sites for hydroxylation is 1. The van der Waals surface area contributed by atoms with Gasteiger partial charge in [-0.25, -0.2) is 0 Å². The van der Waals surface area contributed by atoms with Crippen molar-refractivity contribution in [2.24, 2.45) is 0 Å². The molecule has 0 heterocycles. The largest absolute Gasteiger partial charge is 0.352 e. The average molecular weight is 409 g/mol. The monoisotopic (exact) mass is 408 g/mol. The lowest BCUT2D eigenvalue weighted by Crippen LogP contribution is -2.24. The van der Waals surface area contributed by atoms with Crippen molar-refractivity contribution in [3.63, 3.8) is 0 Å². The van der Waals surface area contributed by atoms with Crippen LogP contribution in [0.4, 0.5) is 5.69 Å². The fraction of sp³-hybridized carbons (Fsp3) is 0.111. The molecule has 0 atom stereocenters. The molecule has 4 aromatic carbocycles. The molecular weight excluding hydrogens is 384 g/mol. The van der Waals surface area contributed by atoms with Gasteiger partial charge in [0.15, 0.2) is 0 Å². The summed E-state index contributed by atoms with van der Waals surface area (Å²) in [4.78, 5) is 25.0. The Labute approximate surface area is 181 Å². The Morgan fingerprint density at radius 1 is 0.806 bits per heavy atom. The van der Waals surface area contributed by atoms with Crippen molar-refractivity contribution in [1.29, 1.82) is 0 Å². The molecule has 0 aromatic heterocycles. The molecule has 2 N–H and O–H groups in total. The topological polar surface area (TPSA) is 58.2 Å². The van der Waals surface area contributed by atoms with Crippen LogP contribution >= 0.6 is 0 Å². The van der Waals surface area contributed by atoms with Crippen LogP contribution in [0.1, 0.15) is 27.0 Å². The number of carbonyl (C=O) groups excluding carboxylic acids is 2. The minimum absolute atomic E-state index is 0.0366. The van der Waals surface area contributed by atoms with Crippen LogP contribution in [-0.2, 0) is 17.8 Å². The SMILES string of the molecule is Cc1ccc(C(=O)Nc2cccc(CNC(=O)Cc3cccc4ccccc34)c2)cc1. The second-order valence-corrected chi connectivity index (χ2v) is 7.61. The molecule has 0 radical (unpaired) electrons. The number of rotatable bonds is 6. The maximum absolute atomic E-state index is 12.5. The molecule has 2 amide bonds. The number of anilines is 1. The normalized spacial score (nSPS) is 10.6. The molecular formula is C27H24N2O2. The Kier molecular flexibility index (Phi) is 6.08. The van der Waals surface area contributed by atoms with Gasteiger partial charge in [0, 0.05) is 17.8 Å². The lowest BCUT2D eigenvalue weighted by Gasteiger charge is -2.10. The fourth-order valence-corrected chi connectivity index (χ4v) is 3.55. The van der Waals surface area contributed by atoms with Gasteiger partial charge in [0.25, 0.3) is 5.91 Å². The summed E-state index contributed by atoms with van der Waals surface area (Å²) in [5.41, 5.74) is 4.35. The van der Waals surface area contributed by atoms with Gasteiger partial charge in [-0.3, -0.25) is 9.59 Å². The zero-order chi connectivity index (χ0) is 21.6. The van der Waals surface area contributed by atoms with Gasteiger partial charge in [-0.05, 0) is 53.1 Å². The predicted molar refractivity (Wildman–Crippen MR) is 125 cm³/mol. The smallest absolute Gasteiger partial charge is 0.255 e. The van der Waals surface area contributed by atoms with Gasteiger partial charge in [-0.1, -0.05) is 72.3 Å². The third-order valence-electron chi connectivity index (χ3n) is 5.22. The summed E-state index contributed by atoms with van der Waals surface area (Å²) in [5, 5.41) is 8.12. The van der Waals surface area contributed by atoms with E-state index in [0.29, 0.717) is 24.2 Å². The maximum atomic E-state index is 12.5. The Hall–Kier alpha value is -3.92. The van der Waals surface area contributed by atoms with E-state index in [9.17, 15) is 9.59 Å². The van der Waals surface area contributed by atoms with Crippen LogP contribution in [-0.4, -0.2) is 11.8 Å². The van der Waals surface area contributed by atoms with Crippen molar-refractivity contribution in [3.8, 4) is 0 Å². The van der Waals surface area contributed by atoms with Crippen molar-refractivity contribution < 1.29 is 9.59 Å². The summed E-state index contributed by atoms with van der Waals surface area (Å²) in [6.45, 7) is 2.39. The molecule has 0 aliphatic heterocycles. The molecule has 0 aliphatic rings. The second kappa shape index (κ2) is 9.26. The van der Waals surface area contributed by atoms with Crippen molar-refractivity contribution in [2.45, 2.75) is 19.9 Å². The Morgan fingerprint density at radius 2 is 1.55 bits per heavy atom. The van der Waals surface area contributed by atoms with Gasteiger partial charge in [0.05, 0.1) is 6.42 Å². The molecule has 154 valence electrons. The van der Waals surface area contributed by atoms with Crippen molar-refractivity contribution in [1.82, 2.24) is 5.32 Å². The summed E-state index contributed by atoms with van der Waals surface area (Å²) in [5.74, 6) is -0.192. The highest BCUT2D eigenvalue weighted by Gasteiger charge is 2.08. The molecule has 4 nitrogen and oxygen atoms in total. The van der Waals surface area contributed by atoms with Crippen LogP contribution in [0.5, 0.6) is 0 Å². The molecule has 4 aromatic rings. The minimum Gasteiger partial charge on any atom is -0.352 e. The van der Waals surface area contributed by atoms with E-state index in [1.54, 1.807) is 0 Å². The number of hydrogen-bond acceptors (Lipinski definition) is 2. The molecule has 0 saturated heterocycles. The zero-order valence-corrected chi connectivity index (χ0v) is 17.4. The third kappa shape index (κ3) is 5.17. The molecule has 0 bridgehead atoms. The first-order valence-electron chi connectivity index (χ1n) is 10.3. The van der Waals surface area contributed by atoms with E-state index < -0.39 is 0 Å². The Morgan fingerprint density at radius 3 is 2.39 bits per heavy atom. The highest BCUT2D eigenvalue weighted by molar-refractivity contribution is 6.04. The summed E-state index contributed by atoms with van der Waals surface area (Å²) in [7, 11) is 0. The molecule has 0 spiro atoms. The first kappa shape index (κ1) is 20.4. The van der Waals surface area contributed by atoms with Crippen molar-refractivity contribution in [3.05, 3.63) is 113 Å². The summed E-state index contributed by atoms with van der Waals surface area (Å²) in [6.07, 6.45) is 0.325. The van der Waals surface area contributed by atoms with Gasteiger partial charge in [0.1, 0.15) is 0 Å². The minimum atomic E-state index is -0.155. The highest BCUT2D eigenvalue weighted by Crippen LogP contribution is 2.19. The average Bonchev–Trinajstić information content (AvgIpc) is 2.79. The number of hydrogen-bond donors (Lipinski definition) is 2. The molecule has 0 saturated carbocycles. The summed E-state index contributed by atoms with van der Waals surface area (Å²) in [6, 6.07) is 29.1. The molecule has 0 aliphatic carbocycles. The molecule has 0 fully saturated rings. The lowest BCUT2D eigenvalue weighted by atomic mass is 10.0. The van der Waals surface area contributed by atoms with Gasteiger partial charge in [-0.2, -0.15) is 0 Å². The summed E-state index contributed by atoms with van der Waals surface area (Å²) < 4.78 is 0. The lowest BCUT2D eigenvalue weighted by molar-refractivity contribution is -0.120. The second-order valence-electron chi connectivity index (χ2n) is 7.61. The van der Waals surface area contributed by atoms with E-state index in [1.165, 1.54) is 0 Å². The van der Waals surface area contributed by atoms with E-state index in [-0.39, 0.29) is 11.8 Å². The van der Waals surface area contributed by atoms with Crippen LogP contribution < -0.4 is 10.6 Å². The number of amides is 2. The zero-order valence-electron chi connectivity index (χ0n) is 17.4. The predicted octanol–water partition coefficient (Wildman–Crippen LogP) is 5.26. The highest BCUT2D eigenvalue weighted by atomic mass is 16.2. The van der Waals surface area contributed by atoms with Crippen molar-refractivity contribution in [2.75, 3.05) is 5.32 Å². The van der Waals surface area contributed by atoms with E-state index in [4.69, 9.17) is 0 Å². The molecule has 4 rings (SSSR count). The van der Waals surface area contributed by atoms with E-state index >= 15 is 0 Å². The van der Waals surface area contributed by atoms with E-state index in [2.05, 4.69) is 10.6 Å². The maximum Gasteiger partial charge on any atom is 0.255 e. The first-order chi connectivity index (χ1) is 15.1. The van der Waals surface area contributed by atoms with Gasteiger partial charge in [-0.15, -0.1) is 0 Å². The first-order valence-corrected chi connectivity index (χ1v) is 10.3. The van der Waals surface area contributed by atoms with E-state index in [1.807, 2.05) is 97.9 Å². The summed E-state index contributed by atoms with van der Waals surface area (Å²) >= 11 is 0. The Bertz CT molecular complexity index is 1220. The van der Waals surface area contributed by atoms with Crippen molar-refractivity contribution >= 4 is 28.3 Å². The molecule has 4 heteroatoms. The number of nitrogens with one attached hydrogen (secondary N) is 2. The van der Waals surface area contributed by atoms with Crippen LogP contribution in [0.15, 0.2) is 91.0 Å². The van der Waals surface area contributed by atoms with Crippen LogP contribution in [0.2, 0.25) is 0 Å². The third-order valence-corrected chi connectivity index (χ3v) is 5.22. The van der Waals surface area contributed by atoms with E-state index in [0.717, 1.165) is 27.5 Å². The van der Waals surface area contributed by atoms with Crippen LogP contribution in [0.25, 0.3) is 10.8 Å². The number of carbonyl (C=O) groups is 2. The number of benzene rings is 4. The number of fused-ring (bicyclic) bond motifs is 1. The Balaban J connectivity index is 1.37. The fourth-order valence-electron chi connectivity index (χ4n) is 3.55. The van der Waals surface area contributed by atoms with Gasteiger partial charge >= 0.3 is 0 Å². The van der Waals surface area contributed by atoms with Crippen LogP contribution in [0.3, 0.4) is 0 Å². The molecule has 31 heavy (non-hydrogen) atoms.